The number of aromatic nitrogens is 3. The predicted octanol–water partition coefficient (Wildman–Crippen LogP) is -0.850. The fourth-order valence-corrected chi connectivity index (χ4v) is 2.96. The third-order valence-electron chi connectivity index (χ3n) is 4.29. The van der Waals surface area contributed by atoms with Crippen LogP contribution in [0.3, 0.4) is 0 Å². The number of piperidine rings is 1. The molecule has 0 aliphatic carbocycles. The summed E-state index contributed by atoms with van der Waals surface area (Å²) in [5.41, 5.74) is 5.63. The number of rotatable bonds is 3. The molecule has 8 heteroatoms. The first-order valence-electron chi connectivity index (χ1n) is 7.36. The number of hydrogen-bond donors (Lipinski definition) is 2. The minimum atomic E-state index is -0.344. The SMILES string of the molecule is NC(=O)C1CCN(C(=O)c2cn(C3CCNCC3)nn2)C1. The van der Waals surface area contributed by atoms with E-state index in [1.807, 2.05) is 0 Å². The van der Waals surface area contributed by atoms with E-state index in [-0.39, 0.29) is 17.7 Å². The monoisotopic (exact) mass is 292 g/mol. The summed E-state index contributed by atoms with van der Waals surface area (Å²) in [6.07, 6.45) is 4.33. The largest absolute Gasteiger partial charge is 0.369 e. The van der Waals surface area contributed by atoms with Crippen molar-refractivity contribution in [3.05, 3.63) is 11.9 Å². The van der Waals surface area contributed by atoms with Crippen LogP contribution < -0.4 is 11.1 Å². The normalized spacial score (nSPS) is 23.4. The van der Waals surface area contributed by atoms with Crippen molar-refractivity contribution in [2.24, 2.45) is 11.7 Å². The summed E-state index contributed by atoms with van der Waals surface area (Å²) < 4.78 is 1.79. The van der Waals surface area contributed by atoms with Crippen molar-refractivity contribution in [2.75, 3.05) is 26.2 Å². The van der Waals surface area contributed by atoms with Crippen molar-refractivity contribution in [2.45, 2.75) is 25.3 Å². The number of hydrogen-bond acceptors (Lipinski definition) is 5. The summed E-state index contributed by atoms with van der Waals surface area (Å²) in [7, 11) is 0. The Bertz CT molecular complexity index is 537. The number of likely N-dealkylation sites (tertiary alicyclic amines) is 1. The maximum absolute atomic E-state index is 12.4. The third kappa shape index (κ3) is 2.90. The van der Waals surface area contributed by atoms with Gasteiger partial charge in [0.1, 0.15) is 0 Å². The van der Waals surface area contributed by atoms with Crippen LogP contribution in [0.15, 0.2) is 6.20 Å². The molecular weight excluding hydrogens is 272 g/mol. The van der Waals surface area contributed by atoms with Gasteiger partial charge in [-0.3, -0.25) is 9.59 Å². The van der Waals surface area contributed by atoms with Crippen molar-refractivity contribution < 1.29 is 9.59 Å². The standard InChI is InChI=1S/C13H20N6O2/c14-12(20)9-3-6-18(7-9)13(21)11-8-19(17-16-11)10-1-4-15-5-2-10/h8-10,15H,1-7H2,(H2,14,20). The molecule has 1 unspecified atom stereocenters. The van der Waals surface area contributed by atoms with E-state index in [4.69, 9.17) is 5.73 Å². The zero-order valence-electron chi connectivity index (χ0n) is 11.9. The highest BCUT2D eigenvalue weighted by Crippen LogP contribution is 2.20. The average molecular weight is 292 g/mol. The molecule has 1 aromatic rings. The summed E-state index contributed by atoms with van der Waals surface area (Å²) in [6, 6.07) is 0.303. The van der Waals surface area contributed by atoms with Gasteiger partial charge in [-0.25, -0.2) is 4.68 Å². The molecule has 0 spiro atoms. The van der Waals surface area contributed by atoms with Gasteiger partial charge in [-0.05, 0) is 32.4 Å². The van der Waals surface area contributed by atoms with Gasteiger partial charge >= 0.3 is 0 Å². The molecule has 2 aliphatic rings. The van der Waals surface area contributed by atoms with E-state index in [1.54, 1.807) is 15.8 Å². The quantitative estimate of drug-likeness (QED) is 0.755. The molecule has 3 heterocycles. The highest BCUT2D eigenvalue weighted by atomic mass is 16.2. The number of carbonyl (C=O) groups is 2. The molecule has 3 rings (SSSR count). The highest BCUT2D eigenvalue weighted by Gasteiger charge is 2.31. The fraction of sp³-hybridized carbons (Fsp3) is 0.692. The zero-order valence-corrected chi connectivity index (χ0v) is 11.9. The van der Waals surface area contributed by atoms with Crippen LogP contribution >= 0.6 is 0 Å². The second kappa shape index (κ2) is 5.80. The Morgan fingerprint density at radius 2 is 2.05 bits per heavy atom. The van der Waals surface area contributed by atoms with Gasteiger partial charge in [-0.1, -0.05) is 5.21 Å². The molecule has 2 saturated heterocycles. The molecule has 0 bridgehead atoms. The summed E-state index contributed by atoms with van der Waals surface area (Å²) >= 11 is 0. The van der Waals surface area contributed by atoms with E-state index in [0.717, 1.165) is 25.9 Å². The highest BCUT2D eigenvalue weighted by molar-refractivity contribution is 5.92. The van der Waals surface area contributed by atoms with Gasteiger partial charge in [0.2, 0.25) is 5.91 Å². The molecule has 2 aliphatic heterocycles. The van der Waals surface area contributed by atoms with Crippen LogP contribution in [-0.4, -0.2) is 57.9 Å². The van der Waals surface area contributed by atoms with E-state index in [9.17, 15) is 9.59 Å². The maximum Gasteiger partial charge on any atom is 0.276 e. The van der Waals surface area contributed by atoms with Crippen molar-refractivity contribution in [1.82, 2.24) is 25.2 Å². The van der Waals surface area contributed by atoms with Gasteiger partial charge in [0.05, 0.1) is 18.2 Å². The van der Waals surface area contributed by atoms with E-state index < -0.39 is 0 Å². The third-order valence-corrected chi connectivity index (χ3v) is 4.29. The number of amides is 2. The molecule has 0 aromatic carbocycles. The molecule has 21 heavy (non-hydrogen) atoms. The smallest absolute Gasteiger partial charge is 0.276 e. The Hall–Kier alpha value is -1.96. The van der Waals surface area contributed by atoms with Crippen LogP contribution in [0.4, 0.5) is 0 Å². The van der Waals surface area contributed by atoms with E-state index in [0.29, 0.717) is 31.2 Å². The minimum Gasteiger partial charge on any atom is -0.369 e. The molecule has 1 atom stereocenters. The minimum absolute atomic E-state index is 0.168. The molecule has 1 aromatic heterocycles. The zero-order chi connectivity index (χ0) is 14.8. The van der Waals surface area contributed by atoms with Crippen LogP contribution in [0.5, 0.6) is 0 Å². The van der Waals surface area contributed by atoms with Crippen molar-refractivity contribution >= 4 is 11.8 Å². The molecule has 0 saturated carbocycles. The number of primary amides is 1. The molecule has 3 N–H and O–H groups in total. The first-order chi connectivity index (χ1) is 10.1. The summed E-state index contributed by atoms with van der Waals surface area (Å²) in [6.45, 7) is 2.85. The number of nitrogens with two attached hydrogens (primary N) is 1. The lowest BCUT2D eigenvalue weighted by Crippen LogP contribution is -2.32. The molecule has 2 fully saturated rings. The van der Waals surface area contributed by atoms with E-state index in [1.165, 1.54) is 0 Å². The molecular formula is C13H20N6O2. The lowest BCUT2D eigenvalue weighted by Gasteiger charge is -2.22. The number of nitrogens with one attached hydrogen (secondary N) is 1. The lowest BCUT2D eigenvalue weighted by molar-refractivity contribution is -0.121. The molecule has 2 amide bonds. The summed E-state index contributed by atoms with van der Waals surface area (Å²) in [5.74, 6) is -0.754. The van der Waals surface area contributed by atoms with Crippen LogP contribution in [0.25, 0.3) is 0 Å². The Morgan fingerprint density at radius 3 is 2.71 bits per heavy atom. The topological polar surface area (TPSA) is 106 Å². The van der Waals surface area contributed by atoms with Crippen LogP contribution in [0.1, 0.15) is 35.8 Å². The average Bonchev–Trinajstić information content (AvgIpc) is 3.17. The number of carbonyl (C=O) groups excluding carboxylic acids is 2. The van der Waals surface area contributed by atoms with Gasteiger partial charge < -0.3 is 16.0 Å². The summed E-state index contributed by atoms with van der Waals surface area (Å²) in [4.78, 5) is 25.2. The van der Waals surface area contributed by atoms with E-state index in [2.05, 4.69) is 15.6 Å². The Labute approximate surface area is 122 Å². The van der Waals surface area contributed by atoms with Gasteiger partial charge in [0.25, 0.3) is 5.91 Å². The van der Waals surface area contributed by atoms with Crippen LogP contribution in [0, 0.1) is 5.92 Å². The van der Waals surface area contributed by atoms with Gasteiger partial charge in [0.15, 0.2) is 5.69 Å². The Kier molecular flexibility index (Phi) is 3.87. The van der Waals surface area contributed by atoms with Crippen LogP contribution in [0.2, 0.25) is 0 Å². The number of nitrogens with zero attached hydrogens (tertiary/aromatic N) is 4. The van der Waals surface area contributed by atoms with Crippen molar-refractivity contribution in [3.63, 3.8) is 0 Å². The van der Waals surface area contributed by atoms with Crippen molar-refractivity contribution in [3.8, 4) is 0 Å². The van der Waals surface area contributed by atoms with Crippen molar-refractivity contribution in [1.29, 1.82) is 0 Å². The second-order valence-corrected chi connectivity index (χ2v) is 5.70. The van der Waals surface area contributed by atoms with Gasteiger partial charge in [0, 0.05) is 13.1 Å². The predicted molar refractivity (Wildman–Crippen MR) is 74.4 cm³/mol. The Balaban J connectivity index is 1.65. The van der Waals surface area contributed by atoms with Crippen LogP contribution in [-0.2, 0) is 4.79 Å². The lowest BCUT2D eigenvalue weighted by atomic mass is 10.1. The first-order valence-corrected chi connectivity index (χ1v) is 7.36. The first kappa shape index (κ1) is 14.0. The second-order valence-electron chi connectivity index (χ2n) is 5.70. The Morgan fingerprint density at radius 1 is 1.29 bits per heavy atom. The van der Waals surface area contributed by atoms with Gasteiger partial charge in [-0.15, -0.1) is 5.10 Å². The maximum atomic E-state index is 12.4. The molecule has 114 valence electrons. The summed E-state index contributed by atoms with van der Waals surface area (Å²) in [5, 5.41) is 11.4. The van der Waals surface area contributed by atoms with E-state index >= 15 is 0 Å². The van der Waals surface area contributed by atoms with Gasteiger partial charge in [-0.2, -0.15) is 0 Å². The molecule has 8 nitrogen and oxygen atoms in total. The molecule has 0 radical (unpaired) electrons. The fourth-order valence-electron chi connectivity index (χ4n) is 2.96.